The van der Waals surface area contributed by atoms with Gasteiger partial charge in [0, 0.05) is 29.9 Å². The summed E-state index contributed by atoms with van der Waals surface area (Å²) in [5.74, 6) is -0.422. The predicted molar refractivity (Wildman–Crippen MR) is 131 cm³/mol. The van der Waals surface area contributed by atoms with Crippen molar-refractivity contribution in [3.63, 3.8) is 0 Å². The fourth-order valence-electron chi connectivity index (χ4n) is 4.12. The van der Waals surface area contributed by atoms with Gasteiger partial charge in [0.1, 0.15) is 12.1 Å². The Hall–Kier alpha value is -4.12. The summed E-state index contributed by atoms with van der Waals surface area (Å²) in [5, 5.41) is 3.98. The Morgan fingerprint density at radius 2 is 1.46 bits per heavy atom. The van der Waals surface area contributed by atoms with Crippen LogP contribution in [-0.2, 0) is 4.74 Å². The van der Waals surface area contributed by atoms with Crippen LogP contribution in [0.1, 0.15) is 0 Å². The number of alkyl halides is 4. The fraction of sp³-hybridized carbons (Fsp3) is 0.231. The highest BCUT2D eigenvalue weighted by Crippen LogP contribution is 2.36. The number of anilines is 3. The first-order valence-electron chi connectivity index (χ1n) is 11.4. The third-order valence-corrected chi connectivity index (χ3v) is 5.85. The Morgan fingerprint density at radius 3 is 2.19 bits per heavy atom. The summed E-state index contributed by atoms with van der Waals surface area (Å²) in [6.07, 6.45) is 1.44. The Bertz CT molecular complexity index is 1370. The molecule has 0 saturated carbocycles. The number of aromatic nitrogens is 2. The molecule has 0 radical (unpaired) electrons. The number of fused-ring (bicyclic) bond motifs is 1. The van der Waals surface area contributed by atoms with E-state index < -0.39 is 24.7 Å². The van der Waals surface area contributed by atoms with Crippen LogP contribution in [-0.4, -0.2) is 49.5 Å². The molecule has 5 rings (SSSR count). The van der Waals surface area contributed by atoms with E-state index in [1.807, 2.05) is 24.3 Å². The van der Waals surface area contributed by atoms with Gasteiger partial charge in [0.15, 0.2) is 11.5 Å². The lowest BCUT2D eigenvalue weighted by atomic mass is 10.0. The van der Waals surface area contributed by atoms with Crippen molar-refractivity contribution < 1.29 is 31.8 Å². The number of morpholine rings is 1. The van der Waals surface area contributed by atoms with Gasteiger partial charge < -0.3 is 24.4 Å². The van der Waals surface area contributed by atoms with Crippen LogP contribution in [0.4, 0.5) is 34.8 Å². The summed E-state index contributed by atoms with van der Waals surface area (Å²) >= 11 is 0. The van der Waals surface area contributed by atoms with Crippen LogP contribution in [0.5, 0.6) is 11.5 Å². The molecule has 11 heteroatoms. The summed E-state index contributed by atoms with van der Waals surface area (Å²) in [5.41, 5.74) is 3.67. The van der Waals surface area contributed by atoms with E-state index in [0.29, 0.717) is 41.1 Å². The van der Waals surface area contributed by atoms with Gasteiger partial charge in [-0.1, -0.05) is 12.1 Å². The van der Waals surface area contributed by atoms with Gasteiger partial charge in [-0.15, -0.1) is 0 Å². The van der Waals surface area contributed by atoms with Gasteiger partial charge in [-0.05, 0) is 59.7 Å². The fourth-order valence-corrected chi connectivity index (χ4v) is 4.12. The lowest BCUT2D eigenvalue weighted by molar-refractivity contribution is -0.0691. The zero-order valence-electron chi connectivity index (χ0n) is 19.4. The molecule has 0 bridgehead atoms. The topological polar surface area (TPSA) is 68.7 Å². The molecule has 192 valence electrons. The molecule has 1 fully saturated rings. The maximum absolute atomic E-state index is 12.9. The highest BCUT2D eigenvalue weighted by molar-refractivity contribution is 5.94. The van der Waals surface area contributed by atoms with Gasteiger partial charge >= 0.3 is 13.2 Å². The van der Waals surface area contributed by atoms with Crippen LogP contribution in [0.15, 0.2) is 67.0 Å². The number of hydrogen-bond acceptors (Lipinski definition) is 7. The predicted octanol–water partition coefficient (Wildman–Crippen LogP) is 6.08. The normalized spacial score (nSPS) is 13.8. The van der Waals surface area contributed by atoms with Crippen molar-refractivity contribution >= 4 is 28.1 Å². The number of halogens is 4. The average molecular weight is 514 g/mol. The minimum Gasteiger partial charge on any atom is -0.431 e. The molecule has 0 unspecified atom stereocenters. The lowest BCUT2D eigenvalue weighted by Gasteiger charge is -2.28. The molecule has 1 N–H and O–H groups in total. The molecule has 1 aliphatic heterocycles. The van der Waals surface area contributed by atoms with E-state index >= 15 is 0 Å². The quantitative estimate of drug-likeness (QED) is 0.286. The number of rotatable bonds is 8. The van der Waals surface area contributed by atoms with E-state index in [1.165, 1.54) is 24.5 Å². The Morgan fingerprint density at radius 1 is 0.784 bits per heavy atom. The maximum atomic E-state index is 12.9. The van der Waals surface area contributed by atoms with Crippen molar-refractivity contribution in [2.24, 2.45) is 0 Å². The molecular formula is C26H22F4N4O3. The highest BCUT2D eigenvalue weighted by atomic mass is 19.3. The number of nitrogens with one attached hydrogen (secondary N) is 1. The molecule has 37 heavy (non-hydrogen) atoms. The van der Waals surface area contributed by atoms with Gasteiger partial charge in [0.2, 0.25) is 0 Å². The number of nitrogens with zero attached hydrogens (tertiary/aromatic N) is 3. The Labute approximate surface area is 209 Å². The van der Waals surface area contributed by atoms with Gasteiger partial charge in [0.25, 0.3) is 0 Å². The van der Waals surface area contributed by atoms with Crippen LogP contribution in [0.25, 0.3) is 22.0 Å². The van der Waals surface area contributed by atoms with E-state index in [2.05, 4.69) is 29.7 Å². The first-order valence-corrected chi connectivity index (χ1v) is 11.4. The second kappa shape index (κ2) is 10.9. The van der Waals surface area contributed by atoms with Gasteiger partial charge in [-0.25, -0.2) is 9.97 Å². The molecule has 0 atom stereocenters. The van der Waals surface area contributed by atoms with E-state index in [-0.39, 0.29) is 0 Å². The average Bonchev–Trinajstić information content (AvgIpc) is 2.90. The summed E-state index contributed by atoms with van der Waals surface area (Å²) in [6.45, 7) is -3.30. The third-order valence-electron chi connectivity index (χ3n) is 5.85. The Kier molecular flexibility index (Phi) is 7.22. The zero-order chi connectivity index (χ0) is 25.8. The number of ether oxygens (including phenoxy) is 3. The molecule has 1 saturated heterocycles. The first kappa shape index (κ1) is 24.6. The largest absolute Gasteiger partial charge is 0.431 e. The molecule has 3 aromatic carbocycles. The SMILES string of the molecule is FC(F)Oc1ccc(-c2ccc3ncnc(Nc4ccc(N5CCOCC5)cc4)c3c2)cc1OC(F)F. The lowest BCUT2D eigenvalue weighted by Crippen LogP contribution is -2.36. The molecule has 4 aromatic rings. The van der Waals surface area contributed by atoms with Gasteiger partial charge in [0.05, 0.1) is 18.7 Å². The molecule has 1 aliphatic rings. The second-order valence-electron chi connectivity index (χ2n) is 8.14. The third kappa shape index (κ3) is 5.83. The highest BCUT2D eigenvalue weighted by Gasteiger charge is 2.17. The van der Waals surface area contributed by atoms with Crippen LogP contribution in [0, 0.1) is 0 Å². The summed E-state index contributed by atoms with van der Waals surface area (Å²) in [4.78, 5) is 10.9. The van der Waals surface area contributed by atoms with E-state index in [9.17, 15) is 17.6 Å². The summed E-state index contributed by atoms with van der Waals surface area (Å²) in [6, 6.07) is 17.1. The standard InChI is InChI=1S/C26H22F4N4O3/c27-25(28)36-22-8-2-17(14-23(22)37-26(29)30)16-1-7-21-20(13-16)24(32-15-31-21)33-18-3-5-19(6-4-18)34-9-11-35-12-10-34/h1-8,13-15,25-26H,9-12H2,(H,31,32,33). The monoisotopic (exact) mass is 514 g/mol. The first-order chi connectivity index (χ1) is 18.0. The van der Waals surface area contributed by atoms with Crippen LogP contribution in [0.3, 0.4) is 0 Å². The van der Waals surface area contributed by atoms with E-state index in [1.54, 1.807) is 18.2 Å². The van der Waals surface area contributed by atoms with Crippen molar-refractivity contribution in [2.45, 2.75) is 13.2 Å². The number of hydrogen-bond donors (Lipinski definition) is 1. The Balaban J connectivity index is 1.43. The van der Waals surface area contributed by atoms with Crippen molar-refractivity contribution in [3.05, 3.63) is 67.0 Å². The minimum absolute atomic E-state index is 0.462. The number of benzene rings is 3. The van der Waals surface area contributed by atoms with Gasteiger partial charge in [-0.2, -0.15) is 17.6 Å². The van der Waals surface area contributed by atoms with E-state index in [4.69, 9.17) is 4.74 Å². The molecule has 2 heterocycles. The van der Waals surface area contributed by atoms with E-state index in [0.717, 1.165) is 24.5 Å². The van der Waals surface area contributed by atoms with Gasteiger partial charge in [-0.3, -0.25) is 0 Å². The zero-order valence-corrected chi connectivity index (χ0v) is 19.4. The molecule has 0 aliphatic carbocycles. The van der Waals surface area contributed by atoms with Crippen molar-refractivity contribution in [3.8, 4) is 22.6 Å². The van der Waals surface area contributed by atoms with Crippen LogP contribution in [0.2, 0.25) is 0 Å². The molecule has 1 aromatic heterocycles. The van der Waals surface area contributed by atoms with Crippen molar-refractivity contribution in [1.29, 1.82) is 0 Å². The second-order valence-corrected chi connectivity index (χ2v) is 8.14. The molecule has 7 nitrogen and oxygen atoms in total. The smallest absolute Gasteiger partial charge is 0.387 e. The molecule has 0 amide bonds. The summed E-state index contributed by atoms with van der Waals surface area (Å²) < 4.78 is 65.2. The van der Waals surface area contributed by atoms with Crippen molar-refractivity contribution in [2.75, 3.05) is 36.5 Å². The van der Waals surface area contributed by atoms with Crippen LogP contribution < -0.4 is 19.7 Å². The summed E-state index contributed by atoms with van der Waals surface area (Å²) in [7, 11) is 0. The molecule has 0 spiro atoms. The minimum atomic E-state index is -3.20. The molecular weight excluding hydrogens is 492 g/mol. The maximum Gasteiger partial charge on any atom is 0.387 e. The van der Waals surface area contributed by atoms with Crippen LogP contribution >= 0.6 is 0 Å². The van der Waals surface area contributed by atoms with Crippen molar-refractivity contribution in [1.82, 2.24) is 9.97 Å².